The summed E-state index contributed by atoms with van der Waals surface area (Å²) in [6.07, 6.45) is 0. The lowest BCUT2D eigenvalue weighted by atomic mass is 10.1. The molecule has 17 heavy (non-hydrogen) atoms. The Hall–Kier alpha value is -1.43. The highest BCUT2D eigenvalue weighted by Gasteiger charge is 2.17. The molecular formula is C11H9ClN2O2S. The molecule has 0 fully saturated rings. The first-order valence-electron chi connectivity index (χ1n) is 4.82. The van der Waals surface area contributed by atoms with Crippen LogP contribution in [-0.2, 0) is 0 Å². The summed E-state index contributed by atoms with van der Waals surface area (Å²) in [4.78, 5) is 11.2. The van der Waals surface area contributed by atoms with Gasteiger partial charge in [-0.25, -0.2) is 0 Å². The first-order valence-corrected chi connectivity index (χ1v) is 6.08. The van der Waals surface area contributed by atoms with Crippen molar-refractivity contribution < 1.29 is 4.92 Å². The zero-order chi connectivity index (χ0) is 12.4. The number of halogens is 1. The highest BCUT2D eigenvalue weighted by molar-refractivity contribution is 7.10. The molecule has 1 heterocycles. The molecule has 0 spiro atoms. The minimum absolute atomic E-state index is 0.115. The summed E-state index contributed by atoms with van der Waals surface area (Å²) in [6, 6.07) is 8.07. The Morgan fingerprint density at radius 3 is 2.76 bits per heavy atom. The number of rotatable bonds is 3. The minimum atomic E-state index is -0.507. The summed E-state index contributed by atoms with van der Waals surface area (Å²) in [5.74, 6) is 0. The van der Waals surface area contributed by atoms with E-state index >= 15 is 0 Å². The van der Waals surface area contributed by atoms with Crippen molar-refractivity contribution in [3.63, 3.8) is 0 Å². The van der Waals surface area contributed by atoms with Crippen molar-refractivity contribution in [3.05, 3.63) is 61.3 Å². The molecule has 0 saturated heterocycles. The van der Waals surface area contributed by atoms with Crippen molar-refractivity contribution in [2.24, 2.45) is 5.73 Å². The van der Waals surface area contributed by atoms with Crippen LogP contribution in [0.1, 0.15) is 16.5 Å². The second-order valence-corrected chi connectivity index (χ2v) is 4.85. The molecule has 2 N–H and O–H groups in total. The van der Waals surface area contributed by atoms with Gasteiger partial charge in [0, 0.05) is 10.9 Å². The van der Waals surface area contributed by atoms with Crippen LogP contribution in [0.2, 0.25) is 5.02 Å². The van der Waals surface area contributed by atoms with Crippen molar-refractivity contribution in [3.8, 4) is 0 Å². The molecule has 0 aliphatic heterocycles. The highest BCUT2D eigenvalue weighted by Crippen LogP contribution is 2.30. The normalized spacial score (nSPS) is 12.4. The first kappa shape index (κ1) is 12.0. The molecule has 2 aromatic rings. The predicted molar refractivity (Wildman–Crippen MR) is 68.5 cm³/mol. The van der Waals surface area contributed by atoms with Gasteiger partial charge in [0.2, 0.25) is 0 Å². The van der Waals surface area contributed by atoms with Crippen molar-refractivity contribution >= 4 is 28.6 Å². The molecule has 0 aliphatic rings. The maximum absolute atomic E-state index is 10.8. The average Bonchev–Trinajstić information content (AvgIpc) is 2.81. The van der Waals surface area contributed by atoms with E-state index in [0.29, 0.717) is 5.56 Å². The smallest absolute Gasteiger partial charge is 0.288 e. The maximum atomic E-state index is 10.8. The standard InChI is InChI=1S/C11H9ClN2O2S/c12-8-4-3-7(6-9(8)14(15)16)11(13)10-2-1-5-17-10/h1-6,11H,13H2/t11-/m0/s1. The number of benzene rings is 1. The van der Waals surface area contributed by atoms with Gasteiger partial charge >= 0.3 is 0 Å². The Kier molecular flexibility index (Phi) is 3.42. The van der Waals surface area contributed by atoms with E-state index in [-0.39, 0.29) is 16.8 Å². The fourth-order valence-electron chi connectivity index (χ4n) is 1.50. The van der Waals surface area contributed by atoms with Crippen molar-refractivity contribution in [1.29, 1.82) is 0 Å². The quantitative estimate of drug-likeness (QED) is 0.685. The van der Waals surface area contributed by atoms with Crippen LogP contribution in [0, 0.1) is 10.1 Å². The van der Waals surface area contributed by atoms with Crippen LogP contribution in [0.5, 0.6) is 0 Å². The molecule has 1 aromatic heterocycles. The predicted octanol–water partition coefficient (Wildman–Crippen LogP) is 3.36. The third-order valence-corrected chi connectivity index (χ3v) is 3.65. The number of nitro benzene ring substituents is 1. The van der Waals surface area contributed by atoms with Gasteiger partial charge in [0.25, 0.3) is 5.69 Å². The highest BCUT2D eigenvalue weighted by atomic mass is 35.5. The second-order valence-electron chi connectivity index (χ2n) is 3.46. The second kappa shape index (κ2) is 4.83. The van der Waals surface area contributed by atoms with Gasteiger partial charge in [-0.3, -0.25) is 10.1 Å². The molecule has 0 bridgehead atoms. The van der Waals surface area contributed by atoms with E-state index in [2.05, 4.69) is 0 Å². The first-order chi connectivity index (χ1) is 8.09. The van der Waals surface area contributed by atoms with Gasteiger partial charge < -0.3 is 5.73 Å². The van der Waals surface area contributed by atoms with Gasteiger partial charge in [-0.1, -0.05) is 23.7 Å². The van der Waals surface area contributed by atoms with Crippen molar-refractivity contribution in [2.75, 3.05) is 0 Å². The van der Waals surface area contributed by atoms with Gasteiger partial charge in [0.15, 0.2) is 0 Å². The average molecular weight is 269 g/mol. The lowest BCUT2D eigenvalue weighted by Crippen LogP contribution is -2.10. The zero-order valence-corrected chi connectivity index (χ0v) is 10.2. The topological polar surface area (TPSA) is 69.2 Å². The number of hydrogen-bond donors (Lipinski definition) is 1. The van der Waals surface area contributed by atoms with E-state index in [4.69, 9.17) is 17.3 Å². The number of nitrogens with two attached hydrogens (primary N) is 1. The molecule has 0 saturated carbocycles. The molecule has 1 aromatic carbocycles. The molecule has 1 atom stereocenters. The summed E-state index contributed by atoms with van der Waals surface area (Å²) in [5, 5.41) is 12.8. The molecular weight excluding hydrogens is 260 g/mol. The third kappa shape index (κ3) is 2.46. The van der Waals surface area contributed by atoms with Crippen molar-refractivity contribution in [2.45, 2.75) is 6.04 Å². The van der Waals surface area contributed by atoms with Gasteiger partial charge in [0.1, 0.15) is 5.02 Å². The minimum Gasteiger partial charge on any atom is -0.320 e. The largest absolute Gasteiger partial charge is 0.320 e. The Labute approximate surface area is 107 Å². The Morgan fingerprint density at radius 1 is 1.41 bits per heavy atom. The molecule has 0 unspecified atom stereocenters. The molecule has 0 aliphatic carbocycles. The third-order valence-electron chi connectivity index (χ3n) is 2.38. The van der Waals surface area contributed by atoms with E-state index in [0.717, 1.165) is 4.88 Å². The van der Waals surface area contributed by atoms with Crippen LogP contribution >= 0.6 is 22.9 Å². The summed E-state index contributed by atoms with van der Waals surface area (Å²) in [7, 11) is 0. The van der Waals surface area contributed by atoms with Gasteiger partial charge in [-0.05, 0) is 23.1 Å². The Balaban J connectivity index is 2.40. The summed E-state index contributed by atoms with van der Waals surface area (Å²) in [6.45, 7) is 0. The van der Waals surface area contributed by atoms with E-state index in [1.807, 2.05) is 17.5 Å². The fraction of sp³-hybridized carbons (Fsp3) is 0.0909. The van der Waals surface area contributed by atoms with E-state index in [9.17, 15) is 10.1 Å². The van der Waals surface area contributed by atoms with Crippen LogP contribution in [0.4, 0.5) is 5.69 Å². The fourth-order valence-corrected chi connectivity index (χ4v) is 2.44. The van der Waals surface area contributed by atoms with Crippen LogP contribution in [0.15, 0.2) is 35.7 Å². The van der Waals surface area contributed by atoms with Crippen LogP contribution in [0.3, 0.4) is 0 Å². The molecule has 4 nitrogen and oxygen atoms in total. The number of hydrogen-bond acceptors (Lipinski definition) is 4. The van der Waals surface area contributed by atoms with Gasteiger partial charge in [-0.2, -0.15) is 0 Å². The summed E-state index contributed by atoms with van der Waals surface area (Å²) >= 11 is 7.26. The molecule has 2 rings (SSSR count). The number of nitro groups is 1. The Bertz CT molecular complexity index is 542. The van der Waals surface area contributed by atoms with Crippen LogP contribution in [-0.4, -0.2) is 4.92 Å². The SMILES string of the molecule is N[C@@H](c1ccc(Cl)c([N+](=O)[O-])c1)c1cccs1. The van der Waals surface area contributed by atoms with E-state index in [1.165, 1.54) is 23.5 Å². The van der Waals surface area contributed by atoms with Crippen LogP contribution in [0.25, 0.3) is 0 Å². The Morgan fingerprint density at radius 2 is 2.18 bits per heavy atom. The number of nitrogens with zero attached hydrogens (tertiary/aromatic N) is 1. The van der Waals surface area contributed by atoms with Crippen molar-refractivity contribution in [1.82, 2.24) is 0 Å². The molecule has 88 valence electrons. The summed E-state index contributed by atoms with van der Waals surface area (Å²) < 4.78 is 0. The lowest BCUT2D eigenvalue weighted by molar-refractivity contribution is -0.384. The molecule has 6 heteroatoms. The lowest BCUT2D eigenvalue weighted by Gasteiger charge is -2.09. The molecule has 0 radical (unpaired) electrons. The van der Waals surface area contributed by atoms with Gasteiger partial charge in [-0.15, -0.1) is 11.3 Å². The van der Waals surface area contributed by atoms with E-state index < -0.39 is 4.92 Å². The zero-order valence-electron chi connectivity index (χ0n) is 8.67. The van der Waals surface area contributed by atoms with Gasteiger partial charge in [0.05, 0.1) is 11.0 Å². The maximum Gasteiger partial charge on any atom is 0.288 e. The molecule has 0 amide bonds. The monoisotopic (exact) mass is 268 g/mol. The number of thiophene rings is 1. The van der Waals surface area contributed by atoms with Crippen LogP contribution < -0.4 is 5.73 Å². The summed E-state index contributed by atoms with van der Waals surface area (Å²) in [5.41, 5.74) is 6.59. The van der Waals surface area contributed by atoms with E-state index in [1.54, 1.807) is 6.07 Å².